The van der Waals surface area contributed by atoms with Crippen LogP contribution in [0.3, 0.4) is 0 Å². The van der Waals surface area contributed by atoms with Gasteiger partial charge in [-0.15, -0.1) is 14.5 Å². The molecule has 4 unspecified atom stereocenters. The summed E-state index contributed by atoms with van der Waals surface area (Å²) in [4.78, 5) is 178. The third kappa shape index (κ3) is 29.4. The van der Waals surface area contributed by atoms with E-state index in [1.807, 2.05) is 0 Å². The Morgan fingerprint density at radius 2 is 0.890 bits per heavy atom. The zero-order chi connectivity index (χ0) is 70.8. The Morgan fingerprint density at radius 1 is 0.538 bits per heavy atom. The molecule has 1 N–H and O–H groups in total. The van der Waals surface area contributed by atoms with Gasteiger partial charge in [0.25, 0.3) is 69.3 Å². The topological polar surface area (TPSA) is 558 Å². The number of hydrogen-bond acceptors (Lipinski definition) is 38. The molecule has 43 nitrogen and oxygen atoms in total. The van der Waals surface area contributed by atoms with Crippen LogP contribution in [0, 0.1) is 0 Å². The van der Waals surface area contributed by atoms with E-state index in [0.717, 1.165) is 40.6 Å². The van der Waals surface area contributed by atoms with Crippen molar-refractivity contribution in [3.63, 3.8) is 0 Å². The van der Waals surface area contributed by atoms with E-state index in [4.69, 9.17) is 89.0 Å². The number of carbonyl (C=O) groups excluding carboxylic acids is 14. The number of halogens is 6. The summed E-state index contributed by atoms with van der Waals surface area (Å²) in [5, 5.41) is 5.77. The van der Waals surface area contributed by atoms with Gasteiger partial charge in [0.1, 0.15) is 21.9 Å². The maximum Gasteiger partial charge on any atom is 1.00 e. The molecule has 5 aliphatic rings. The number of hydroxylamine groups is 10. The van der Waals surface area contributed by atoms with Crippen LogP contribution in [-0.4, -0.2) is 246 Å². The van der Waals surface area contributed by atoms with Gasteiger partial charge in [-0.25, -0.2) is 53.6 Å². The number of nitrogens with zero attached hydrogens (tertiary/aromatic N) is 6. The molecule has 5 fully saturated rings. The number of urea groups is 1. The molecule has 0 saturated carbocycles. The van der Waals surface area contributed by atoms with Crippen LogP contribution in [0.5, 0.6) is 0 Å². The Bertz CT molecular complexity index is 3140. The van der Waals surface area contributed by atoms with Gasteiger partial charge in [-0.1, -0.05) is 15.2 Å². The summed E-state index contributed by atoms with van der Waals surface area (Å²) in [5.74, 6) is -12.5. The summed E-state index contributed by atoms with van der Waals surface area (Å²) in [6.07, 6.45) is -4.13. The van der Waals surface area contributed by atoms with Crippen molar-refractivity contribution in [2.24, 2.45) is 0 Å². The van der Waals surface area contributed by atoms with Crippen molar-refractivity contribution in [1.82, 2.24) is 29.6 Å². The molecule has 4 atom stereocenters. The second kappa shape index (κ2) is 37.0. The second-order valence-corrected chi connectivity index (χ2v) is 29.0. The zero-order valence-electron chi connectivity index (χ0n) is 47.5. The van der Waals surface area contributed by atoms with Crippen molar-refractivity contribution < 1.29 is 202 Å². The molecule has 0 aromatic rings. The standard InChI is InChI=1S/C10H11N3O13S2.C7H9NO6S.C6H7NO7S.C5H7NO5S.C5H12O3.C3Cl6O3.Na/c1-21-25-26-27-11-4-7(15)13(9(11)17)24-10(18)23-12-6(14)3-5(8(12)16)28(19,20)22-2;1-4(9)14-8-6(10)3-5(7(8)11)15(2,12)13;1-3(8)14-7-5(9)2-4(6(7)10)15(11,12)13;1-12(10,11)3-2-4(7)6(9)5(3)8;1-5(6-2,7-3)8-4;4-2(5,6)11-1(10)12-3(7,8)9;/h5H,3-4H2,1-2H3;5H,3H2,1-2H3;4H,2H2,1H3,(H,11,12,13);3,9H,2H2,1H3;1-4H3;;/q;;;;;;+1/p-1. The number of methoxy groups -OCH3 is 3. The molecule has 5 saturated heterocycles. The molecule has 0 radical (unpaired) electrons. The normalized spacial score (nSPS) is 19.5. The molecule has 55 heteroatoms. The molecule has 0 aliphatic carbocycles. The maximum absolute atomic E-state index is 11.9. The minimum Gasteiger partial charge on any atom is -0.747 e. The summed E-state index contributed by atoms with van der Waals surface area (Å²) in [6, 6.07) is -1.19. The zero-order valence-corrected chi connectivity index (χ0v) is 58.1. The van der Waals surface area contributed by atoms with Crippen molar-refractivity contribution in [1.29, 1.82) is 0 Å². The molecule has 5 rings (SSSR count). The van der Waals surface area contributed by atoms with Crippen LogP contribution in [0.25, 0.3) is 0 Å². The van der Waals surface area contributed by atoms with Crippen LogP contribution in [0.15, 0.2) is 0 Å². The van der Waals surface area contributed by atoms with E-state index in [1.165, 1.54) is 21.3 Å². The Balaban J connectivity index is 0. The fourth-order valence-electron chi connectivity index (χ4n) is 5.43. The quantitative estimate of drug-likeness (QED) is 0.0120. The number of amides is 11. The Labute approximate surface area is 568 Å². The van der Waals surface area contributed by atoms with E-state index in [0.29, 0.717) is 4.31 Å². The number of ether oxygens (including phenoxy) is 5. The number of imide groups is 5. The van der Waals surface area contributed by atoms with E-state index in [9.17, 15) is 105 Å². The van der Waals surface area contributed by atoms with Crippen molar-refractivity contribution in [2.45, 2.75) is 81.4 Å². The van der Waals surface area contributed by atoms with Crippen LogP contribution >= 0.6 is 81.8 Å². The van der Waals surface area contributed by atoms with E-state index in [1.54, 1.807) is 6.92 Å². The molecule has 0 spiro atoms. The Morgan fingerprint density at radius 3 is 1.19 bits per heavy atom. The van der Waals surface area contributed by atoms with Gasteiger partial charge in [0.2, 0.25) is 0 Å². The summed E-state index contributed by atoms with van der Waals surface area (Å²) in [5.41, 5.74) is 0. The van der Waals surface area contributed by atoms with Crippen molar-refractivity contribution in [3.05, 3.63) is 0 Å². The van der Waals surface area contributed by atoms with E-state index < -0.39 is 191 Å². The van der Waals surface area contributed by atoms with Crippen molar-refractivity contribution in [3.8, 4) is 0 Å². The average Bonchev–Trinajstić information content (AvgIpc) is 1.69. The van der Waals surface area contributed by atoms with Gasteiger partial charge in [-0.05, 0) is 69.6 Å². The largest absolute Gasteiger partial charge is 1.00 e. The first kappa shape index (κ1) is 88.6. The van der Waals surface area contributed by atoms with Crippen LogP contribution < -0.4 is 29.6 Å². The first-order valence-electron chi connectivity index (χ1n) is 22.1. The molecule has 0 aromatic carbocycles. The fraction of sp³-hybridized carbons (Fsp3) is 0.611. The van der Waals surface area contributed by atoms with Gasteiger partial charge in [0, 0.05) is 54.6 Å². The van der Waals surface area contributed by atoms with E-state index in [2.05, 4.69) is 47.3 Å². The average molecular weight is 1550 g/mol. The van der Waals surface area contributed by atoms with Crippen LogP contribution in [0.2, 0.25) is 0 Å². The molecule has 5 heterocycles. The SMILES string of the molecule is CC(=O)ON1C(=O)CC(S(=O)(=O)[O-])C1=O.CC(=O)ON1C(=O)CC(S(C)(=O)=O)C1=O.COC(C)(OC)OC.COOOSN1CC(=O)N(OC(=O)ON2C(=O)CC(S(=O)(=O)OC)C2=O)C1=O.CS(=O)(=O)C1CC(=O)N(O)C1=O.O=C(OC(Cl)(Cl)Cl)OC(Cl)(Cl)Cl.[Na+]. The molecule has 0 bridgehead atoms. The third-order valence-corrected chi connectivity index (χ3v) is 16.1. The number of hydrogen-bond donors (Lipinski definition) is 1. The summed E-state index contributed by atoms with van der Waals surface area (Å²) >= 11 is 30.4. The van der Waals surface area contributed by atoms with Gasteiger partial charge in [-0.2, -0.15) is 18.3 Å². The van der Waals surface area contributed by atoms with Crippen molar-refractivity contribution >= 4 is 205 Å². The summed E-state index contributed by atoms with van der Waals surface area (Å²) in [7, 11) is -10.1. The van der Waals surface area contributed by atoms with Gasteiger partial charge < -0.3 is 37.9 Å². The molecular formula is C36H45Cl6N6NaO37S5. The smallest absolute Gasteiger partial charge is 0.747 e. The second-order valence-electron chi connectivity index (χ2n) is 16.0. The van der Waals surface area contributed by atoms with Crippen LogP contribution in [0.1, 0.15) is 46.5 Å². The van der Waals surface area contributed by atoms with Gasteiger partial charge in [0.15, 0.2) is 47.7 Å². The Hall–Kier alpha value is -4.49. The first-order chi connectivity index (χ1) is 40.7. The van der Waals surface area contributed by atoms with Crippen molar-refractivity contribution in [2.75, 3.05) is 54.6 Å². The van der Waals surface area contributed by atoms with Gasteiger partial charge in [0.05, 0.1) is 39.9 Å². The third-order valence-electron chi connectivity index (χ3n) is 9.62. The minimum absolute atomic E-state index is 0. The summed E-state index contributed by atoms with van der Waals surface area (Å²) < 4.78 is 126. The predicted molar refractivity (Wildman–Crippen MR) is 283 cm³/mol. The van der Waals surface area contributed by atoms with E-state index in [-0.39, 0.29) is 67.1 Å². The van der Waals surface area contributed by atoms with Crippen LogP contribution in [-0.2, 0) is 154 Å². The number of alkyl halides is 6. The summed E-state index contributed by atoms with van der Waals surface area (Å²) in [6.45, 7) is 3.03. The molecule has 5 aliphatic heterocycles. The Kier molecular flexibility index (Phi) is 36.0. The van der Waals surface area contributed by atoms with Gasteiger partial charge in [-0.3, -0.25) is 62.2 Å². The molecule has 11 amide bonds. The molecular weight excluding hydrogens is 1500 g/mol. The molecule has 91 heavy (non-hydrogen) atoms. The predicted octanol–water partition coefficient (Wildman–Crippen LogP) is -4.87. The number of carbonyl (C=O) groups is 14. The number of sulfone groups is 2. The fourth-order valence-corrected chi connectivity index (χ4v) is 9.70. The number of rotatable bonds is 16. The molecule has 0 aromatic heterocycles. The minimum atomic E-state index is -4.91. The van der Waals surface area contributed by atoms with E-state index >= 15 is 0 Å². The monoisotopic (exact) mass is 1550 g/mol. The first-order valence-corrected chi connectivity index (χ1v) is 32.0. The maximum atomic E-state index is 11.9. The van der Waals surface area contributed by atoms with Gasteiger partial charge >= 0.3 is 67.8 Å². The molecule has 514 valence electrons. The van der Waals surface area contributed by atoms with Crippen LogP contribution in [0.4, 0.5) is 14.4 Å².